The van der Waals surface area contributed by atoms with E-state index < -0.39 is 26.6 Å². The first-order valence-electron chi connectivity index (χ1n) is 8.84. The van der Waals surface area contributed by atoms with Crippen LogP contribution in [-0.2, 0) is 9.31 Å². The molecule has 0 saturated carbocycles. The van der Waals surface area contributed by atoms with Crippen LogP contribution < -0.4 is 9.89 Å². The average molecular weight is 362 g/mol. The second kappa shape index (κ2) is 6.25. The Hall–Kier alpha value is -1.11. The Kier molecular flexibility index (Phi) is 5.05. The van der Waals surface area contributed by atoms with Gasteiger partial charge in [-0.15, -0.1) is 0 Å². The van der Waals surface area contributed by atoms with Gasteiger partial charge in [-0.05, 0) is 63.4 Å². The Morgan fingerprint density at radius 2 is 1.60 bits per heavy atom. The first kappa shape index (κ1) is 20.2. The first-order valence-corrected chi connectivity index (χ1v) is 11.7. The predicted molar refractivity (Wildman–Crippen MR) is 105 cm³/mol. The fourth-order valence-electron chi connectivity index (χ4n) is 2.35. The molecule has 2 rings (SSSR count). The minimum absolute atomic E-state index is 0.0960. The van der Waals surface area contributed by atoms with Crippen LogP contribution >= 0.6 is 0 Å². The van der Waals surface area contributed by atoms with Gasteiger partial charge in [-0.25, -0.2) is 0 Å². The van der Waals surface area contributed by atoms with Crippen molar-refractivity contribution in [3.05, 3.63) is 23.8 Å². The molecule has 0 atom stereocenters. The maximum absolute atomic E-state index is 11.7. The van der Waals surface area contributed by atoms with Gasteiger partial charge in [0.2, 0.25) is 8.32 Å². The molecule has 138 valence electrons. The zero-order chi connectivity index (χ0) is 19.3. The highest BCUT2D eigenvalue weighted by atomic mass is 28.4. The Morgan fingerprint density at radius 3 is 2.04 bits per heavy atom. The third-order valence-corrected chi connectivity index (χ3v) is 10.2. The molecule has 1 aliphatic heterocycles. The van der Waals surface area contributed by atoms with E-state index in [4.69, 9.17) is 13.7 Å². The van der Waals surface area contributed by atoms with Crippen molar-refractivity contribution in [2.24, 2.45) is 0 Å². The second-order valence-electron chi connectivity index (χ2n) is 9.36. The van der Waals surface area contributed by atoms with Crippen LogP contribution in [0.4, 0.5) is 0 Å². The highest BCUT2D eigenvalue weighted by Gasteiger charge is 2.52. The van der Waals surface area contributed by atoms with E-state index in [2.05, 4.69) is 33.9 Å². The van der Waals surface area contributed by atoms with Gasteiger partial charge in [0.1, 0.15) is 12.0 Å². The highest BCUT2D eigenvalue weighted by molar-refractivity contribution is 6.74. The molecule has 1 aromatic rings. The SMILES string of the molecule is CC1(C)OB(c2ccc(O[Si](C)(C)C(C)(C)C)cc2C=O)OC1(C)C. The molecule has 0 radical (unpaired) electrons. The molecule has 0 aliphatic carbocycles. The normalized spacial score (nSPS) is 19.8. The Bertz CT molecular complexity index is 646. The van der Waals surface area contributed by atoms with E-state index in [1.807, 2.05) is 39.8 Å². The Balaban J connectivity index is 2.31. The first-order chi connectivity index (χ1) is 11.2. The lowest BCUT2D eigenvalue weighted by molar-refractivity contribution is 0.00578. The molecule has 1 saturated heterocycles. The maximum Gasteiger partial charge on any atom is 0.495 e. The third kappa shape index (κ3) is 3.86. The molecule has 0 N–H and O–H groups in total. The predicted octanol–water partition coefficient (Wildman–Crippen LogP) is 4.18. The van der Waals surface area contributed by atoms with Gasteiger partial charge in [-0.1, -0.05) is 26.8 Å². The standard InChI is InChI=1S/C19H31BO4Si/c1-17(2,3)25(8,9)22-15-10-11-16(14(12-15)13-21)20-23-18(4,5)19(6,7)24-20/h10-13H,1-9H3. The highest BCUT2D eigenvalue weighted by Crippen LogP contribution is 2.38. The number of hydrogen-bond donors (Lipinski definition) is 0. The summed E-state index contributed by atoms with van der Waals surface area (Å²) < 4.78 is 18.5. The molecule has 1 heterocycles. The van der Waals surface area contributed by atoms with Gasteiger partial charge in [0.15, 0.2) is 0 Å². The van der Waals surface area contributed by atoms with Crippen molar-refractivity contribution in [2.75, 3.05) is 0 Å². The van der Waals surface area contributed by atoms with E-state index in [1.165, 1.54) is 0 Å². The van der Waals surface area contributed by atoms with E-state index in [1.54, 1.807) is 6.07 Å². The fraction of sp³-hybridized carbons (Fsp3) is 0.632. The molecule has 0 unspecified atom stereocenters. The summed E-state index contributed by atoms with van der Waals surface area (Å²) in [5.74, 6) is 0.731. The molecule has 0 spiro atoms. The Morgan fingerprint density at radius 1 is 1.08 bits per heavy atom. The zero-order valence-corrected chi connectivity index (χ0v) is 18.0. The van der Waals surface area contributed by atoms with Crippen molar-refractivity contribution in [1.29, 1.82) is 0 Å². The molecule has 1 fully saturated rings. The van der Waals surface area contributed by atoms with Gasteiger partial charge < -0.3 is 13.7 Å². The minimum atomic E-state index is -1.95. The van der Waals surface area contributed by atoms with Crippen LogP contribution in [0.3, 0.4) is 0 Å². The van der Waals surface area contributed by atoms with Gasteiger partial charge in [0, 0.05) is 5.56 Å². The molecule has 4 nitrogen and oxygen atoms in total. The number of carbonyl (C=O) groups excluding carboxylic acids is 1. The van der Waals surface area contributed by atoms with E-state index in [0.29, 0.717) is 5.56 Å². The largest absolute Gasteiger partial charge is 0.543 e. The van der Waals surface area contributed by atoms with Gasteiger partial charge >= 0.3 is 7.12 Å². The van der Waals surface area contributed by atoms with Crippen LogP contribution in [0, 0.1) is 0 Å². The fourth-order valence-corrected chi connectivity index (χ4v) is 3.37. The van der Waals surface area contributed by atoms with Crippen molar-refractivity contribution >= 4 is 27.2 Å². The monoisotopic (exact) mass is 362 g/mol. The van der Waals surface area contributed by atoms with Crippen molar-refractivity contribution in [2.45, 2.75) is 77.8 Å². The Labute approximate surface area is 153 Å². The van der Waals surface area contributed by atoms with Crippen LogP contribution in [0.2, 0.25) is 18.1 Å². The van der Waals surface area contributed by atoms with E-state index in [9.17, 15) is 4.79 Å². The molecule has 0 bridgehead atoms. The number of aldehydes is 1. The molecule has 6 heteroatoms. The van der Waals surface area contributed by atoms with E-state index in [0.717, 1.165) is 17.5 Å². The van der Waals surface area contributed by atoms with Crippen LogP contribution in [-0.4, -0.2) is 32.9 Å². The molecular weight excluding hydrogens is 331 g/mol. The van der Waals surface area contributed by atoms with E-state index >= 15 is 0 Å². The summed E-state index contributed by atoms with van der Waals surface area (Å²) >= 11 is 0. The summed E-state index contributed by atoms with van der Waals surface area (Å²) in [5.41, 5.74) is 0.424. The lowest BCUT2D eigenvalue weighted by Crippen LogP contribution is -2.44. The third-order valence-electron chi connectivity index (χ3n) is 5.87. The van der Waals surface area contributed by atoms with Crippen LogP contribution in [0.25, 0.3) is 0 Å². The molecule has 0 aromatic heterocycles. The van der Waals surface area contributed by atoms with Crippen LogP contribution in [0.1, 0.15) is 58.8 Å². The topological polar surface area (TPSA) is 44.8 Å². The number of rotatable bonds is 4. The van der Waals surface area contributed by atoms with Crippen molar-refractivity contribution in [3.8, 4) is 5.75 Å². The van der Waals surface area contributed by atoms with E-state index in [-0.39, 0.29) is 5.04 Å². The molecule has 25 heavy (non-hydrogen) atoms. The number of carbonyl (C=O) groups is 1. The van der Waals surface area contributed by atoms with Crippen molar-refractivity contribution < 1.29 is 18.5 Å². The zero-order valence-electron chi connectivity index (χ0n) is 17.0. The molecule has 1 aliphatic rings. The lowest BCUT2D eigenvalue weighted by Gasteiger charge is -2.36. The van der Waals surface area contributed by atoms with Crippen LogP contribution in [0.15, 0.2) is 18.2 Å². The van der Waals surface area contributed by atoms with Gasteiger partial charge in [0.25, 0.3) is 0 Å². The van der Waals surface area contributed by atoms with Gasteiger partial charge in [-0.3, -0.25) is 4.79 Å². The number of hydrogen-bond acceptors (Lipinski definition) is 4. The van der Waals surface area contributed by atoms with Crippen molar-refractivity contribution in [1.82, 2.24) is 0 Å². The quantitative estimate of drug-likeness (QED) is 0.595. The maximum atomic E-state index is 11.7. The lowest BCUT2D eigenvalue weighted by atomic mass is 9.76. The van der Waals surface area contributed by atoms with Gasteiger partial charge in [-0.2, -0.15) is 0 Å². The summed E-state index contributed by atoms with van der Waals surface area (Å²) in [6, 6.07) is 5.59. The van der Waals surface area contributed by atoms with Gasteiger partial charge in [0.05, 0.1) is 11.2 Å². The minimum Gasteiger partial charge on any atom is -0.543 e. The summed E-state index contributed by atoms with van der Waals surface area (Å²) in [7, 11) is -2.50. The average Bonchev–Trinajstić information content (AvgIpc) is 2.65. The molecule has 0 amide bonds. The summed E-state index contributed by atoms with van der Waals surface area (Å²) in [6.45, 7) is 19.0. The number of benzene rings is 1. The smallest absolute Gasteiger partial charge is 0.495 e. The summed E-state index contributed by atoms with van der Waals surface area (Å²) in [4.78, 5) is 11.7. The summed E-state index contributed by atoms with van der Waals surface area (Å²) in [6.07, 6.45) is 0.846. The van der Waals surface area contributed by atoms with Crippen LogP contribution in [0.5, 0.6) is 5.75 Å². The summed E-state index contributed by atoms with van der Waals surface area (Å²) in [5, 5.41) is 0.0960. The second-order valence-corrected chi connectivity index (χ2v) is 14.1. The molecule has 1 aromatic carbocycles. The molecular formula is C19H31BO4Si. The van der Waals surface area contributed by atoms with Crippen molar-refractivity contribution in [3.63, 3.8) is 0 Å².